The van der Waals surface area contributed by atoms with Gasteiger partial charge >= 0.3 is 0 Å². The van der Waals surface area contributed by atoms with Crippen LogP contribution < -0.4 is 11.3 Å². The Morgan fingerprint density at radius 3 is 3.00 bits per heavy atom. The van der Waals surface area contributed by atoms with Crippen LogP contribution in [-0.2, 0) is 11.2 Å². The molecule has 1 aliphatic rings. The van der Waals surface area contributed by atoms with E-state index >= 15 is 0 Å². The molecule has 1 aromatic rings. The number of aryl methyl sites for hydroxylation is 1. The molecule has 1 aromatic carbocycles. The summed E-state index contributed by atoms with van der Waals surface area (Å²) in [6.45, 7) is 2.97. The third-order valence-corrected chi connectivity index (χ3v) is 4.23. The summed E-state index contributed by atoms with van der Waals surface area (Å²) in [5.41, 5.74) is 5.57. The monoisotopic (exact) mass is 252 g/mol. The van der Waals surface area contributed by atoms with E-state index in [-0.39, 0.29) is 12.1 Å². The largest absolute Gasteiger partial charge is 0.375 e. The molecule has 2 atom stereocenters. The molecule has 0 saturated carbocycles. The Balaban J connectivity index is 2.01. The van der Waals surface area contributed by atoms with Gasteiger partial charge in [-0.2, -0.15) is 11.8 Å². The van der Waals surface area contributed by atoms with Crippen LogP contribution in [0.3, 0.4) is 0 Å². The van der Waals surface area contributed by atoms with Crippen molar-refractivity contribution < 1.29 is 4.74 Å². The van der Waals surface area contributed by atoms with Gasteiger partial charge in [-0.15, -0.1) is 0 Å². The normalized spacial score (nSPS) is 22.4. The maximum Gasteiger partial charge on any atom is 0.0835 e. The lowest BCUT2D eigenvalue weighted by Gasteiger charge is -2.30. The van der Waals surface area contributed by atoms with Crippen molar-refractivity contribution in [2.24, 2.45) is 5.84 Å². The van der Waals surface area contributed by atoms with E-state index in [1.54, 1.807) is 0 Å². The first-order valence-electron chi connectivity index (χ1n) is 6.01. The molecule has 3 N–H and O–H groups in total. The molecule has 0 spiro atoms. The molecule has 4 heteroatoms. The number of thioether (sulfide) groups is 1. The van der Waals surface area contributed by atoms with E-state index in [1.165, 1.54) is 11.1 Å². The predicted molar refractivity (Wildman–Crippen MR) is 73.1 cm³/mol. The van der Waals surface area contributed by atoms with Gasteiger partial charge in [-0.1, -0.05) is 24.3 Å². The second kappa shape index (κ2) is 6.40. The van der Waals surface area contributed by atoms with E-state index in [0.717, 1.165) is 24.5 Å². The third-order valence-electron chi connectivity index (χ3n) is 3.21. The Labute approximate surface area is 107 Å². The standard InChI is InChI=1S/C13H20N2OS/c1-10-4-2-3-5-11(10)8-12(15-14)13-9-17-7-6-16-13/h2-5,12-13,15H,6-9,14H2,1H3. The summed E-state index contributed by atoms with van der Waals surface area (Å²) < 4.78 is 5.78. The molecule has 2 rings (SSSR count). The van der Waals surface area contributed by atoms with E-state index in [9.17, 15) is 0 Å². The molecular weight excluding hydrogens is 232 g/mol. The lowest BCUT2D eigenvalue weighted by atomic mass is 9.98. The average Bonchev–Trinajstić information content (AvgIpc) is 2.39. The molecule has 3 nitrogen and oxygen atoms in total. The molecule has 0 aromatic heterocycles. The zero-order valence-corrected chi connectivity index (χ0v) is 11.0. The number of hydrogen-bond acceptors (Lipinski definition) is 4. The first kappa shape index (κ1) is 12.9. The maximum absolute atomic E-state index is 5.78. The van der Waals surface area contributed by atoms with Crippen molar-refractivity contribution in [2.75, 3.05) is 18.1 Å². The summed E-state index contributed by atoms with van der Waals surface area (Å²) in [6, 6.07) is 8.64. The number of benzene rings is 1. The molecule has 0 aliphatic carbocycles. The van der Waals surface area contributed by atoms with Gasteiger partial charge in [-0.3, -0.25) is 11.3 Å². The Morgan fingerprint density at radius 2 is 2.35 bits per heavy atom. The Bertz CT molecular complexity index is 353. The van der Waals surface area contributed by atoms with Crippen molar-refractivity contribution in [3.63, 3.8) is 0 Å². The lowest BCUT2D eigenvalue weighted by molar-refractivity contribution is 0.0471. The summed E-state index contributed by atoms with van der Waals surface area (Å²) in [6.07, 6.45) is 1.15. The van der Waals surface area contributed by atoms with Crippen LogP contribution in [0.4, 0.5) is 0 Å². The smallest absolute Gasteiger partial charge is 0.0835 e. The summed E-state index contributed by atoms with van der Waals surface area (Å²) in [5.74, 6) is 7.79. The fourth-order valence-electron chi connectivity index (χ4n) is 2.11. The zero-order valence-electron chi connectivity index (χ0n) is 10.2. The van der Waals surface area contributed by atoms with Crippen molar-refractivity contribution in [3.05, 3.63) is 35.4 Å². The van der Waals surface area contributed by atoms with Gasteiger partial charge in [-0.25, -0.2) is 0 Å². The molecule has 2 unspecified atom stereocenters. The number of rotatable bonds is 4. The third kappa shape index (κ3) is 3.45. The van der Waals surface area contributed by atoms with Gasteiger partial charge in [0.1, 0.15) is 0 Å². The van der Waals surface area contributed by atoms with Crippen molar-refractivity contribution in [1.29, 1.82) is 0 Å². The van der Waals surface area contributed by atoms with Crippen molar-refractivity contribution in [3.8, 4) is 0 Å². The molecule has 0 radical (unpaired) electrons. The van der Waals surface area contributed by atoms with Crippen LogP contribution in [0.25, 0.3) is 0 Å². The van der Waals surface area contributed by atoms with Crippen molar-refractivity contribution in [2.45, 2.75) is 25.5 Å². The molecule has 1 saturated heterocycles. The minimum atomic E-state index is 0.198. The molecular formula is C13H20N2OS. The molecule has 1 aliphatic heterocycles. The minimum absolute atomic E-state index is 0.198. The average molecular weight is 252 g/mol. The fraction of sp³-hybridized carbons (Fsp3) is 0.538. The number of hydrazine groups is 1. The van der Waals surface area contributed by atoms with E-state index in [2.05, 4.69) is 36.6 Å². The van der Waals surface area contributed by atoms with Crippen LogP contribution in [0.1, 0.15) is 11.1 Å². The van der Waals surface area contributed by atoms with Gasteiger partial charge < -0.3 is 4.74 Å². The van der Waals surface area contributed by atoms with Gasteiger partial charge in [0.15, 0.2) is 0 Å². The number of nitrogens with one attached hydrogen (secondary N) is 1. The summed E-state index contributed by atoms with van der Waals surface area (Å²) >= 11 is 1.94. The van der Waals surface area contributed by atoms with Crippen LogP contribution in [0.2, 0.25) is 0 Å². The Morgan fingerprint density at radius 1 is 1.53 bits per heavy atom. The highest BCUT2D eigenvalue weighted by atomic mass is 32.2. The lowest BCUT2D eigenvalue weighted by Crippen LogP contribution is -2.49. The quantitative estimate of drug-likeness (QED) is 0.630. The SMILES string of the molecule is Cc1ccccc1CC(NN)C1CSCCO1. The number of nitrogens with two attached hydrogens (primary N) is 1. The Kier molecular flexibility index (Phi) is 4.86. The zero-order chi connectivity index (χ0) is 12.1. The van der Waals surface area contributed by atoms with Crippen LogP contribution in [0.15, 0.2) is 24.3 Å². The van der Waals surface area contributed by atoms with Crippen LogP contribution in [0, 0.1) is 6.92 Å². The predicted octanol–water partition coefficient (Wildman–Crippen LogP) is 1.50. The van der Waals surface area contributed by atoms with E-state index < -0.39 is 0 Å². The second-order valence-electron chi connectivity index (χ2n) is 4.39. The topological polar surface area (TPSA) is 47.3 Å². The highest BCUT2D eigenvalue weighted by Gasteiger charge is 2.24. The molecule has 94 valence electrons. The summed E-state index contributed by atoms with van der Waals surface area (Å²) in [7, 11) is 0. The first-order valence-corrected chi connectivity index (χ1v) is 7.16. The first-order chi connectivity index (χ1) is 8.31. The van der Waals surface area contributed by atoms with Gasteiger partial charge in [0, 0.05) is 11.5 Å². The van der Waals surface area contributed by atoms with Crippen molar-refractivity contribution >= 4 is 11.8 Å². The van der Waals surface area contributed by atoms with Gasteiger partial charge in [0.05, 0.1) is 18.8 Å². The van der Waals surface area contributed by atoms with Crippen LogP contribution >= 0.6 is 11.8 Å². The highest BCUT2D eigenvalue weighted by molar-refractivity contribution is 7.99. The summed E-state index contributed by atoms with van der Waals surface area (Å²) in [5, 5.41) is 0. The van der Waals surface area contributed by atoms with Gasteiger partial charge in [0.25, 0.3) is 0 Å². The number of hydrogen-bond donors (Lipinski definition) is 2. The molecule has 0 bridgehead atoms. The van der Waals surface area contributed by atoms with E-state index in [0.29, 0.717) is 0 Å². The Hall–Kier alpha value is -0.550. The van der Waals surface area contributed by atoms with E-state index in [1.807, 2.05) is 11.8 Å². The molecule has 0 amide bonds. The van der Waals surface area contributed by atoms with E-state index in [4.69, 9.17) is 10.6 Å². The fourth-order valence-corrected chi connectivity index (χ4v) is 3.05. The number of ether oxygens (including phenoxy) is 1. The highest BCUT2D eigenvalue weighted by Crippen LogP contribution is 2.19. The molecule has 1 heterocycles. The molecule has 17 heavy (non-hydrogen) atoms. The second-order valence-corrected chi connectivity index (χ2v) is 5.54. The van der Waals surface area contributed by atoms with Crippen molar-refractivity contribution in [1.82, 2.24) is 5.43 Å². The molecule has 1 fully saturated rings. The maximum atomic E-state index is 5.78. The van der Waals surface area contributed by atoms with Gasteiger partial charge in [-0.05, 0) is 24.5 Å². The minimum Gasteiger partial charge on any atom is -0.375 e. The van der Waals surface area contributed by atoms with Crippen LogP contribution in [0.5, 0.6) is 0 Å². The van der Waals surface area contributed by atoms with Gasteiger partial charge in [0.2, 0.25) is 0 Å². The van der Waals surface area contributed by atoms with Crippen LogP contribution in [-0.4, -0.2) is 30.3 Å². The summed E-state index contributed by atoms with van der Waals surface area (Å²) in [4.78, 5) is 0.